The first kappa shape index (κ1) is 25.9. The maximum atomic E-state index is 5.63. The fraction of sp³-hybridized carbons (Fsp3) is 0.947. The first-order chi connectivity index (χ1) is 11.8. The fourth-order valence-electron chi connectivity index (χ4n) is 3.12. The molecule has 1 heterocycles. The Balaban J connectivity index is 0.00000625. The Kier molecular flexibility index (Phi) is 13.1. The smallest absolute Gasteiger partial charge is 0.191 e. The normalized spacial score (nSPS) is 19.0. The van der Waals surface area contributed by atoms with Crippen molar-refractivity contribution in [1.82, 2.24) is 15.5 Å². The van der Waals surface area contributed by atoms with Crippen LogP contribution in [0, 0.1) is 11.3 Å². The number of rotatable bonds is 8. The van der Waals surface area contributed by atoms with Gasteiger partial charge in [0.25, 0.3) is 0 Å². The van der Waals surface area contributed by atoms with E-state index in [0.29, 0.717) is 12.0 Å². The zero-order chi connectivity index (χ0) is 18.9. The zero-order valence-electron chi connectivity index (χ0n) is 17.8. The summed E-state index contributed by atoms with van der Waals surface area (Å²) in [6.07, 6.45) is 0.136. The molecule has 0 aromatic carbocycles. The SMILES string of the molecule is CCNC(=NCC(C(C)C)N1CCOCC1)NCC(OC)C(C)(C)C.I. The van der Waals surface area contributed by atoms with Gasteiger partial charge in [-0.3, -0.25) is 9.89 Å². The van der Waals surface area contributed by atoms with Crippen LogP contribution < -0.4 is 10.6 Å². The first-order valence-corrected chi connectivity index (χ1v) is 9.66. The van der Waals surface area contributed by atoms with Gasteiger partial charge in [0.05, 0.1) is 25.9 Å². The number of hydrogen-bond donors (Lipinski definition) is 2. The first-order valence-electron chi connectivity index (χ1n) is 9.66. The lowest BCUT2D eigenvalue weighted by Gasteiger charge is -2.36. The van der Waals surface area contributed by atoms with E-state index in [-0.39, 0.29) is 35.5 Å². The third-order valence-corrected chi connectivity index (χ3v) is 4.77. The van der Waals surface area contributed by atoms with Crippen molar-refractivity contribution in [3.63, 3.8) is 0 Å². The Morgan fingerprint density at radius 1 is 1.19 bits per heavy atom. The maximum absolute atomic E-state index is 5.63. The molecule has 6 nitrogen and oxygen atoms in total. The number of ether oxygens (including phenoxy) is 2. The summed E-state index contributed by atoms with van der Waals surface area (Å²) < 4.78 is 11.1. The van der Waals surface area contributed by atoms with Gasteiger partial charge in [0.2, 0.25) is 0 Å². The van der Waals surface area contributed by atoms with Crippen molar-refractivity contribution in [2.45, 2.75) is 53.7 Å². The van der Waals surface area contributed by atoms with Gasteiger partial charge in [0.15, 0.2) is 5.96 Å². The average Bonchev–Trinajstić information content (AvgIpc) is 2.54. The average molecular weight is 484 g/mol. The quantitative estimate of drug-likeness (QED) is 0.315. The van der Waals surface area contributed by atoms with Crippen LogP contribution in [-0.4, -0.2) is 76.1 Å². The molecule has 26 heavy (non-hydrogen) atoms. The standard InChI is InChI=1S/C19H40N4O2.HI/c1-8-20-18(22-14-17(24-7)19(4,5)6)21-13-16(15(2)3)23-9-11-25-12-10-23;/h15-17H,8-14H2,1-7H3,(H2,20,21,22);1H. The lowest BCUT2D eigenvalue weighted by atomic mass is 9.89. The van der Waals surface area contributed by atoms with Gasteiger partial charge in [-0.1, -0.05) is 34.6 Å². The Bertz CT molecular complexity index is 393. The zero-order valence-corrected chi connectivity index (χ0v) is 20.1. The second-order valence-corrected chi connectivity index (χ2v) is 8.15. The highest BCUT2D eigenvalue weighted by molar-refractivity contribution is 14.0. The van der Waals surface area contributed by atoms with Gasteiger partial charge >= 0.3 is 0 Å². The lowest BCUT2D eigenvalue weighted by Crippen LogP contribution is -2.49. The van der Waals surface area contributed by atoms with Crippen LogP contribution in [0.3, 0.4) is 0 Å². The van der Waals surface area contributed by atoms with Crippen molar-refractivity contribution >= 4 is 29.9 Å². The van der Waals surface area contributed by atoms with Gasteiger partial charge in [-0.2, -0.15) is 0 Å². The highest BCUT2D eigenvalue weighted by atomic mass is 127. The molecule has 0 aliphatic carbocycles. The second-order valence-electron chi connectivity index (χ2n) is 8.15. The van der Waals surface area contributed by atoms with E-state index in [0.717, 1.165) is 51.9 Å². The van der Waals surface area contributed by atoms with E-state index < -0.39 is 0 Å². The number of guanidine groups is 1. The maximum Gasteiger partial charge on any atom is 0.191 e. The Hall–Kier alpha value is -0.120. The van der Waals surface area contributed by atoms with Crippen LogP contribution >= 0.6 is 24.0 Å². The third-order valence-electron chi connectivity index (χ3n) is 4.77. The largest absolute Gasteiger partial charge is 0.379 e. The molecule has 2 N–H and O–H groups in total. The summed E-state index contributed by atoms with van der Waals surface area (Å²) in [4.78, 5) is 7.36. The molecule has 2 atom stereocenters. The second kappa shape index (κ2) is 13.1. The van der Waals surface area contributed by atoms with Gasteiger partial charge in [-0.25, -0.2) is 0 Å². The van der Waals surface area contributed by atoms with Crippen molar-refractivity contribution in [2.75, 3.05) is 53.0 Å². The predicted molar refractivity (Wildman–Crippen MR) is 121 cm³/mol. The Morgan fingerprint density at radius 3 is 2.27 bits per heavy atom. The van der Waals surface area contributed by atoms with E-state index >= 15 is 0 Å². The summed E-state index contributed by atoms with van der Waals surface area (Å²) in [6.45, 7) is 19.3. The van der Waals surface area contributed by atoms with Crippen molar-refractivity contribution in [1.29, 1.82) is 0 Å². The molecule has 0 aromatic heterocycles. The predicted octanol–water partition coefficient (Wildman–Crippen LogP) is 2.58. The molecular formula is C19H41IN4O2. The molecule has 0 saturated carbocycles. The van der Waals surface area contributed by atoms with Crippen LogP contribution in [0.4, 0.5) is 0 Å². The molecule has 1 fully saturated rings. The molecule has 1 rings (SSSR count). The molecule has 0 radical (unpaired) electrons. The van der Waals surface area contributed by atoms with Crippen molar-refractivity contribution in [2.24, 2.45) is 16.3 Å². The van der Waals surface area contributed by atoms with Crippen LogP contribution in [-0.2, 0) is 9.47 Å². The van der Waals surface area contributed by atoms with Crippen molar-refractivity contribution < 1.29 is 9.47 Å². The van der Waals surface area contributed by atoms with E-state index in [2.05, 4.69) is 57.1 Å². The molecular weight excluding hydrogens is 443 g/mol. The monoisotopic (exact) mass is 484 g/mol. The van der Waals surface area contributed by atoms with Gasteiger partial charge in [0, 0.05) is 39.3 Å². The van der Waals surface area contributed by atoms with E-state index in [4.69, 9.17) is 14.5 Å². The summed E-state index contributed by atoms with van der Waals surface area (Å²) >= 11 is 0. The number of morpholine rings is 1. The number of hydrogen-bond acceptors (Lipinski definition) is 4. The van der Waals surface area contributed by atoms with E-state index in [9.17, 15) is 0 Å². The number of halogens is 1. The Morgan fingerprint density at radius 2 is 1.81 bits per heavy atom. The topological polar surface area (TPSA) is 58.1 Å². The van der Waals surface area contributed by atoms with Gasteiger partial charge in [-0.15, -0.1) is 24.0 Å². The van der Waals surface area contributed by atoms with Crippen LogP contribution in [0.15, 0.2) is 4.99 Å². The molecule has 156 valence electrons. The summed E-state index contributed by atoms with van der Waals surface area (Å²) in [7, 11) is 1.77. The minimum Gasteiger partial charge on any atom is -0.379 e. The van der Waals surface area contributed by atoms with Crippen LogP contribution in [0.25, 0.3) is 0 Å². The molecule has 2 unspecified atom stereocenters. The number of nitrogens with zero attached hydrogens (tertiary/aromatic N) is 2. The minimum absolute atomic E-state index is 0. The van der Waals surface area contributed by atoms with Crippen LogP contribution in [0.5, 0.6) is 0 Å². The Labute approximate surface area is 177 Å². The van der Waals surface area contributed by atoms with Crippen molar-refractivity contribution in [3.05, 3.63) is 0 Å². The molecule has 0 spiro atoms. The van der Waals surface area contributed by atoms with Crippen molar-refractivity contribution in [3.8, 4) is 0 Å². The van der Waals surface area contributed by atoms with Gasteiger partial charge in [0.1, 0.15) is 0 Å². The minimum atomic E-state index is 0. The molecule has 1 aliphatic rings. The van der Waals surface area contributed by atoms with Gasteiger partial charge in [-0.05, 0) is 18.3 Å². The summed E-state index contributed by atoms with van der Waals surface area (Å²) in [5.41, 5.74) is 0.0906. The molecule has 7 heteroatoms. The van der Waals surface area contributed by atoms with Crippen LogP contribution in [0.1, 0.15) is 41.5 Å². The fourth-order valence-corrected chi connectivity index (χ4v) is 3.12. The number of aliphatic imine (C=N–C) groups is 1. The summed E-state index contributed by atoms with van der Waals surface area (Å²) in [6, 6.07) is 0.445. The lowest BCUT2D eigenvalue weighted by molar-refractivity contribution is 0.00861. The van der Waals surface area contributed by atoms with E-state index in [1.807, 2.05) is 0 Å². The van der Waals surface area contributed by atoms with E-state index in [1.54, 1.807) is 7.11 Å². The van der Waals surface area contributed by atoms with E-state index in [1.165, 1.54) is 0 Å². The summed E-state index contributed by atoms with van der Waals surface area (Å²) in [5, 5.41) is 6.80. The molecule has 0 aromatic rings. The highest BCUT2D eigenvalue weighted by Crippen LogP contribution is 2.21. The molecule has 0 amide bonds. The highest BCUT2D eigenvalue weighted by Gasteiger charge is 2.25. The number of methoxy groups -OCH3 is 1. The molecule has 1 saturated heterocycles. The number of nitrogens with one attached hydrogen (secondary N) is 2. The molecule has 1 aliphatic heterocycles. The summed E-state index contributed by atoms with van der Waals surface area (Å²) in [5.74, 6) is 1.43. The van der Waals surface area contributed by atoms with Crippen LogP contribution in [0.2, 0.25) is 0 Å². The third kappa shape index (κ3) is 9.19. The molecule has 0 bridgehead atoms. The van der Waals surface area contributed by atoms with Gasteiger partial charge < -0.3 is 20.1 Å².